The lowest BCUT2D eigenvalue weighted by Crippen LogP contribution is -2.51. The lowest BCUT2D eigenvalue weighted by atomic mass is 9.87. The van der Waals surface area contributed by atoms with Crippen molar-refractivity contribution in [3.8, 4) is 0 Å². The molecule has 0 unspecified atom stereocenters. The molecule has 2 rings (SSSR count). The SMILES string of the molecule is N[C@@H](C[C@](O)(Cc1c[nH]c2ccccc12)C(O)O)C(O)O. The van der Waals surface area contributed by atoms with Crippen LogP contribution in [0.25, 0.3) is 10.9 Å². The Hall–Kier alpha value is -1.48. The normalized spacial score (nSPS) is 16.6. The van der Waals surface area contributed by atoms with E-state index in [-0.39, 0.29) is 12.8 Å². The zero-order chi connectivity index (χ0) is 15.6. The molecule has 1 heterocycles. The summed E-state index contributed by atoms with van der Waals surface area (Å²) < 4.78 is 0. The maximum Gasteiger partial charge on any atom is 0.181 e. The second kappa shape index (κ2) is 6.10. The number of aromatic nitrogens is 1. The monoisotopic (exact) mass is 296 g/mol. The van der Waals surface area contributed by atoms with Crippen molar-refractivity contribution in [2.45, 2.75) is 37.1 Å². The maximum absolute atomic E-state index is 10.4. The van der Waals surface area contributed by atoms with Crippen molar-refractivity contribution in [3.63, 3.8) is 0 Å². The first-order chi connectivity index (χ1) is 9.83. The van der Waals surface area contributed by atoms with Gasteiger partial charge in [-0.2, -0.15) is 0 Å². The molecule has 116 valence electrons. The van der Waals surface area contributed by atoms with E-state index in [1.165, 1.54) is 0 Å². The summed E-state index contributed by atoms with van der Waals surface area (Å²) >= 11 is 0. The van der Waals surface area contributed by atoms with Gasteiger partial charge >= 0.3 is 0 Å². The number of nitrogens with one attached hydrogen (secondary N) is 1. The third kappa shape index (κ3) is 3.41. The third-order valence-corrected chi connectivity index (χ3v) is 3.62. The second-order valence-electron chi connectivity index (χ2n) is 5.30. The van der Waals surface area contributed by atoms with Gasteiger partial charge in [0.15, 0.2) is 12.6 Å². The molecule has 1 aromatic carbocycles. The Labute approximate surface area is 121 Å². The first kappa shape index (κ1) is 15.9. The minimum atomic E-state index is -2.06. The van der Waals surface area contributed by atoms with Gasteiger partial charge in [0, 0.05) is 29.9 Å². The molecule has 8 N–H and O–H groups in total. The van der Waals surface area contributed by atoms with E-state index in [2.05, 4.69) is 4.98 Å². The molecule has 0 aliphatic rings. The molecule has 1 aromatic heterocycles. The van der Waals surface area contributed by atoms with Crippen LogP contribution in [0.4, 0.5) is 0 Å². The zero-order valence-electron chi connectivity index (χ0n) is 11.3. The third-order valence-electron chi connectivity index (χ3n) is 3.62. The van der Waals surface area contributed by atoms with Crippen LogP contribution in [0, 0.1) is 0 Å². The number of hydrogen-bond donors (Lipinski definition) is 7. The number of para-hydroxylation sites is 1. The Morgan fingerprint density at radius 2 is 1.81 bits per heavy atom. The van der Waals surface area contributed by atoms with Gasteiger partial charge in [-0.25, -0.2) is 0 Å². The van der Waals surface area contributed by atoms with Crippen LogP contribution in [-0.4, -0.2) is 54.7 Å². The molecule has 7 heteroatoms. The first-order valence-electron chi connectivity index (χ1n) is 6.59. The van der Waals surface area contributed by atoms with Crippen molar-refractivity contribution >= 4 is 10.9 Å². The van der Waals surface area contributed by atoms with Gasteiger partial charge in [-0.3, -0.25) is 0 Å². The largest absolute Gasteiger partial charge is 0.384 e. The molecule has 21 heavy (non-hydrogen) atoms. The van der Waals surface area contributed by atoms with Gasteiger partial charge in [0.05, 0.1) is 6.04 Å². The van der Waals surface area contributed by atoms with E-state index < -0.39 is 24.2 Å². The van der Waals surface area contributed by atoms with Crippen LogP contribution in [-0.2, 0) is 6.42 Å². The molecule has 2 atom stereocenters. The molecule has 0 saturated carbocycles. The average molecular weight is 296 g/mol. The molecule has 0 saturated heterocycles. The topological polar surface area (TPSA) is 143 Å². The number of aromatic amines is 1. The Morgan fingerprint density at radius 3 is 2.43 bits per heavy atom. The minimum Gasteiger partial charge on any atom is -0.384 e. The highest BCUT2D eigenvalue weighted by Gasteiger charge is 2.38. The summed E-state index contributed by atoms with van der Waals surface area (Å²) in [6.45, 7) is 0. The zero-order valence-corrected chi connectivity index (χ0v) is 11.3. The van der Waals surface area contributed by atoms with Crippen molar-refractivity contribution in [2.24, 2.45) is 5.73 Å². The highest BCUT2D eigenvalue weighted by Crippen LogP contribution is 2.27. The predicted molar refractivity (Wildman–Crippen MR) is 76.0 cm³/mol. The summed E-state index contributed by atoms with van der Waals surface area (Å²) in [4.78, 5) is 3.02. The molecule has 0 amide bonds. The first-order valence-corrected chi connectivity index (χ1v) is 6.59. The lowest BCUT2D eigenvalue weighted by Gasteiger charge is -2.32. The minimum absolute atomic E-state index is 0.0882. The second-order valence-corrected chi connectivity index (χ2v) is 5.30. The van der Waals surface area contributed by atoms with Crippen molar-refractivity contribution in [2.75, 3.05) is 0 Å². The number of fused-ring (bicyclic) bond motifs is 1. The molecule has 7 nitrogen and oxygen atoms in total. The summed E-state index contributed by atoms with van der Waals surface area (Å²) in [6.07, 6.45) is -2.70. The van der Waals surface area contributed by atoms with Crippen LogP contribution in [0.5, 0.6) is 0 Å². The number of hydrogen-bond acceptors (Lipinski definition) is 6. The molecule has 0 fully saturated rings. The van der Waals surface area contributed by atoms with Crippen LogP contribution in [0.2, 0.25) is 0 Å². The van der Waals surface area contributed by atoms with Crippen molar-refractivity contribution in [1.82, 2.24) is 4.98 Å². The summed E-state index contributed by atoms with van der Waals surface area (Å²) in [7, 11) is 0. The summed E-state index contributed by atoms with van der Waals surface area (Å²) in [6, 6.07) is 6.19. The number of benzene rings is 1. The van der Waals surface area contributed by atoms with Crippen LogP contribution in [0.3, 0.4) is 0 Å². The molecule has 0 radical (unpaired) electrons. The van der Waals surface area contributed by atoms with E-state index in [0.717, 1.165) is 10.9 Å². The molecule has 2 aromatic rings. The average Bonchev–Trinajstić information content (AvgIpc) is 2.81. The Balaban J connectivity index is 2.27. The van der Waals surface area contributed by atoms with Crippen LogP contribution in [0.15, 0.2) is 30.5 Å². The Bertz CT molecular complexity index is 598. The van der Waals surface area contributed by atoms with E-state index in [4.69, 9.17) is 15.9 Å². The number of H-pyrrole nitrogens is 1. The highest BCUT2D eigenvalue weighted by molar-refractivity contribution is 5.83. The summed E-state index contributed by atoms with van der Waals surface area (Å²) in [5, 5.41) is 48.2. The number of rotatable bonds is 6. The summed E-state index contributed by atoms with van der Waals surface area (Å²) in [5.41, 5.74) is 5.05. The van der Waals surface area contributed by atoms with Gasteiger partial charge in [-0.1, -0.05) is 18.2 Å². The standard InChI is InChI=1S/C14H20N2O5/c15-10(12(17)18)6-14(21,13(19)20)5-8-7-16-11-4-2-1-3-9(8)11/h1-4,7,10,12-13,16-21H,5-6,15H2/t10-,14+/m0/s1. The van der Waals surface area contributed by atoms with Gasteiger partial charge in [0.2, 0.25) is 0 Å². The van der Waals surface area contributed by atoms with E-state index in [9.17, 15) is 15.3 Å². The van der Waals surface area contributed by atoms with Gasteiger partial charge < -0.3 is 36.3 Å². The fourth-order valence-electron chi connectivity index (χ4n) is 2.39. The predicted octanol–water partition coefficient (Wildman–Crippen LogP) is -1.22. The highest BCUT2D eigenvalue weighted by atomic mass is 16.5. The molecular weight excluding hydrogens is 276 g/mol. The Kier molecular flexibility index (Phi) is 4.62. The van der Waals surface area contributed by atoms with Crippen molar-refractivity contribution in [3.05, 3.63) is 36.0 Å². The number of nitrogens with two attached hydrogens (primary N) is 1. The molecule has 0 aliphatic heterocycles. The Morgan fingerprint density at radius 1 is 1.14 bits per heavy atom. The lowest BCUT2D eigenvalue weighted by molar-refractivity contribution is -0.195. The molecule has 0 spiro atoms. The fourth-order valence-corrected chi connectivity index (χ4v) is 2.39. The van der Waals surface area contributed by atoms with E-state index in [1.54, 1.807) is 6.20 Å². The van der Waals surface area contributed by atoms with E-state index >= 15 is 0 Å². The maximum atomic E-state index is 10.4. The molecule has 0 aliphatic carbocycles. The van der Waals surface area contributed by atoms with Gasteiger partial charge in [0.1, 0.15) is 5.60 Å². The van der Waals surface area contributed by atoms with Crippen LogP contribution < -0.4 is 5.73 Å². The molecular formula is C14H20N2O5. The van der Waals surface area contributed by atoms with Gasteiger partial charge in [0.25, 0.3) is 0 Å². The van der Waals surface area contributed by atoms with Crippen molar-refractivity contribution < 1.29 is 25.5 Å². The summed E-state index contributed by atoms with van der Waals surface area (Å²) in [5.74, 6) is 0. The van der Waals surface area contributed by atoms with E-state index in [0.29, 0.717) is 5.56 Å². The van der Waals surface area contributed by atoms with Crippen molar-refractivity contribution in [1.29, 1.82) is 0 Å². The quantitative estimate of drug-likeness (QED) is 0.333. The van der Waals surface area contributed by atoms with Crippen LogP contribution in [0.1, 0.15) is 12.0 Å². The van der Waals surface area contributed by atoms with Crippen LogP contribution >= 0.6 is 0 Å². The molecule has 0 bridgehead atoms. The van der Waals surface area contributed by atoms with E-state index in [1.807, 2.05) is 24.3 Å². The van der Waals surface area contributed by atoms with Gasteiger partial charge in [-0.15, -0.1) is 0 Å². The van der Waals surface area contributed by atoms with Gasteiger partial charge in [-0.05, 0) is 11.6 Å². The number of aliphatic hydroxyl groups is 5. The fraction of sp³-hybridized carbons (Fsp3) is 0.429. The number of aliphatic hydroxyl groups excluding tert-OH is 2. The smallest absolute Gasteiger partial charge is 0.181 e.